The number of aromatic nitrogens is 1. The van der Waals surface area contributed by atoms with Crippen molar-refractivity contribution in [2.75, 3.05) is 10.6 Å². The van der Waals surface area contributed by atoms with Crippen molar-refractivity contribution in [3.63, 3.8) is 0 Å². The van der Waals surface area contributed by atoms with Crippen LogP contribution in [0.3, 0.4) is 0 Å². The van der Waals surface area contributed by atoms with Crippen LogP contribution in [0.2, 0.25) is 0 Å². The van der Waals surface area contributed by atoms with E-state index in [4.69, 9.17) is 5.73 Å². The highest BCUT2D eigenvalue weighted by Gasteiger charge is 2.34. The summed E-state index contributed by atoms with van der Waals surface area (Å²) < 4.78 is 4.24. The Balaban J connectivity index is 1.63. The second-order valence-electron chi connectivity index (χ2n) is 9.86. The third kappa shape index (κ3) is 5.50. The third-order valence-corrected chi connectivity index (χ3v) is 7.99. The van der Waals surface area contributed by atoms with E-state index in [1.807, 2.05) is 32.0 Å². The zero-order chi connectivity index (χ0) is 25.1. The quantitative estimate of drug-likeness (QED) is 0.532. The average Bonchev–Trinajstić information content (AvgIpc) is 3.59. The van der Waals surface area contributed by atoms with Crippen molar-refractivity contribution < 1.29 is 14.4 Å². The number of nitrogens with two attached hydrogens (primary N) is 1. The first-order chi connectivity index (χ1) is 16.8. The number of amides is 3. The van der Waals surface area contributed by atoms with Crippen LogP contribution < -0.4 is 21.3 Å². The van der Waals surface area contributed by atoms with Crippen LogP contribution >= 0.6 is 11.5 Å². The van der Waals surface area contributed by atoms with Crippen molar-refractivity contribution >= 4 is 40.6 Å². The summed E-state index contributed by atoms with van der Waals surface area (Å²) in [7, 11) is 0. The molecule has 35 heavy (non-hydrogen) atoms. The maximum Gasteiger partial charge on any atom is 0.273 e. The molecule has 2 aromatic rings. The van der Waals surface area contributed by atoms with Gasteiger partial charge in [-0.15, -0.1) is 0 Å². The first-order valence-corrected chi connectivity index (χ1v) is 13.3. The lowest BCUT2D eigenvalue weighted by molar-refractivity contribution is -0.122. The van der Waals surface area contributed by atoms with E-state index in [1.165, 1.54) is 4.90 Å². The van der Waals surface area contributed by atoms with Crippen LogP contribution in [0.4, 0.5) is 11.4 Å². The van der Waals surface area contributed by atoms with E-state index in [1.54, 1.807) is 6.92 Å². The van der Waals surface area contributed by atoms with Crippen molar-refractivity contribution in [3.05, 3.63) is 39.9 Å². The van der Waals surface area contributed by atoms with E-state index >= 15 is 0 Å². The number of carbonyl (C=O) groups is 3. The van der Waals surface area contributed by atoms with Crippen molar-refractivity contribution in [2.45, 2.75) is 90.3 Å². The number of nitrogen functional groups attached to an aromatic ring is 1. The highest BCUT2D eigenvalue weighted by atomic mass is 32.1. The zero-order valence-corrected chi connectivity index (χ0v) is 21.5. The predicted molar refractivity (Wildman–Crippen MR) is 139 cm³/mol. The molecule has 1 atom stereocenters. The standard InChI is InChI=1S/C26H35N5O3S/c1-15-12-13-16(2)20(14-15)31(17(3)24(32)28-18-8-4-5-9-18)26(34)23-21(27)22(30-35-23)25(33)29-19-10-6-7-11-19/h12-14,17-19H,4-11,27H2,1-3H3,(H,28,32)(H,29,33)/t17-/m0/s1. The minimum atomic E-state index is -0.763. The maximum atomic E-state index is 13.9. The molecule has 2 aliphatic rings. The number of aryl methyl sites for hydroxylation is 2. The predicted octanol–water partition coefficient (Wildman–Crippen LogP) is 4.11. The highest BCUT2D eigenvalue weighted by molar-refractivity contribution is 7.09. The summed E-state index contributed by atoms with van der Waals surface area (Å²) in [4.78, 5) is 41.6. The fourth-order valence-electron chi connectivity index (χ4n) is 5.03. The van der Waals surface area contributed by atoms with E-state index in [9.17, 15) is 14.4 Å². The molecule has 188 valence electrons. The van der Waals surface area contributed by atoms with Crippen molar-refractivity contribution in [2.24, 2.45) is 0 Å². The van der Waals surface area contributed by atoms with Crippen LogP contribution in [0.25, 0.3) is 0 Å². The summed E-state index contributed by atoms with van der Waals surface area (Å²) in [6.45, 7) is 5.59. The summed E-state index contributed by atoms with van der Waals surface area (Å²) in [6.07, 6.45) is 8.17. The molecule has 4 rings (SSSR count). The lowest BCUT2D eigenvalue weighted by atomic mass is 10.1. The normalized spacial score (nSPS) is 17.3. The molecule has 3 amide bonds. The number of rotatable bonds is 7. The lowest BCUT2D eigenvalue weighted by Crippen LogP contribution is -2.50. The Hall–Kier alpha value is -2.94. The smallest absolute Gasteiger partial charge is 0.273 e. The SMILES string of the molecule is Cc1ccc(C)c(N(C(=O)c2snc(C(=O)NC3CCCC3)c2N)[C@@H](C)C(=O)NC2CCCC2)c1. The van der Waals surface area contributed by atoms with Gasteiger partial charge in [-0.3, -0.25) is 19.3 Å². The van der Waals surface area contributed by atoms with E-state index in [-0.39, 0.29) is 40.2 Å². The number of hydrogen-bond donors (Lipinski definition) is 3. The molecule has 2 aliphatic carbocycles. The monoisotopic (exact) mass is 497 g/mol. The first-order valence-electron chi connectivity index (χ1n) is 12.5. The Labute approximate surface area is 210 Å². The van der Waals surface area contributed by atoms with Crippen molar-refractivity contribution in [1.82, 2.24) is 15.0 Å². The fraction of sp³-hybridized carbons (Fsp3) is 0.538. The summed E-state index contributed by atoms with van der Waals surface area (Å²) >= 11 is 0.907. The lowest BCUT2D eigenvalue weighted by Gasteiger charge is -2.30. The van der Waals surface area contributed by atoms with Gasteiger partial charge in [-0.2, -0.15) is 4.37 Å². The minimum Gasteiger partial charge on any atom is -0.395 e. The summed E-state index contributed by atoms with van der Waals surface area (Å²) in [5.74, 6) is -0.980. The average molecular weight is 498 g/mol. The second kappa shape index (κ2) is 10.8. The maximum absolute atomic E-state index is 13.9. The van der Waals surface area contributed by atoms with Crippen molar-refractivity contribution in [3.8, 4) is 0 Å². The molecule has 1 aromatic heterocycles. The molecule has 8 nitrogen and oxygen atoms in total. The molecule has 1 heterocycles. The highest BCUT2D eigenvalue weighted by Crippen LogP contribution is 2.31. The van der Waals surface area contributed by atoms with Gasteiger partial charge in [-0.1, -0.05) is 37.8 Å². The van der Waals surface area contributed by atoms with E-state index in [0.717, 1.165) is 74.0 Å². The number of benzene rings is 1. The molecule has 4 N–H and O–H groups in total. The number of carbonyl (C=O) groups excluding carboxylic acids is 3. The zero-order valence-electron chi connectivity index (χ0n) is 20.7. The topological polar surface area (TPSA) is 117 Å². The van der Waals surface area contributed by atoms with E-state index < -0.39 is 11.9 Å². The molecule has 0 radical (unpaired) electrons. The van der Waals surface area contributed by atoms with Gasteiger partial charge in [0, 0.05) is 17.8 Å². The largest absolute Gasteiger partial charge is 0.395 e. The van der Waals surface area contributed by atoms with Crippen LogP contribution in [-0.4, -0.2) is 40.2 Å². The van der Waals surface area contributed by atoms with Gasteiger partial charge >= 0.3 is 0 Å². The van der Waals surface area contributed by atoms with Gasteiger partial charge in [0.2, 0.25) is 5.91 Å². The van der Waals surface area contributed by atoms with Crippen LogP contribution in [0.15, 0.2) is 18.2 Å². The van der Waals surface area contributed by atoms with Crippen molar-refractivity contribution in [1.29, 1.82) is 0 Å². The molecule has 2 saturated carbocycles. The second-order valence-corrected chi connectivity index (χ2v) is 10.6. The summed E-state index contributed by atoms with van der Waals surface area (Å²) in [5, 5.41) is 6.09. The Morgan fingerprint density at radius 1 is 1.03 bits per heavy atom. The first kappa shape index (κ1) is 25.2. The molecule has 0 bridgehead atoms. The molecule has 0 aliphatic heterocycles. The molecule has 2 fully saturated rings. The Morgan fingerprint density at radius 3 is 2.26 bits per heavy atom. The van der Waals surface area contributed by atoms with Gasteiger partial charge in [0.15, 0.2) is 5.69 Å². The molecular formula is C26H35N5O3S. The number of hydrogen-bond acceptors (Lipinski definition) is 6. The Kier molecular flexibility index (Phi) is 7.74. The molecule has 9 heteroatoms. The Morgan fingerprint density at radius 2 is 1.63 bits per heavy atom. The Bertz CT molecular complexity index is 1100. The molecule has 1 aromatic carbocycles. The molecule has 0 spiro atoms. The van der Waals surface area contributed by atoms with Gasteiger partial charge in [0.05, 0.1) is 5.69 Å². The van der Waals surface area contributed by atoms with Crippen LogP contribution in [-0.2, 0) is 4.79 Å². The van der Waals surface area contributed by atoms with Crippen LogP contribution in [0.5, 0.6) is 0 Å². The fourth-order valence-corrected chi connectivity index (χ4v) is 5.77. The van der Waals surface area contributed by atoms with E-state index in [0.29, 0.717) is 5.69 Å². The van der Waals surface area contributed by atoms with Gasteiger partial charge < -0.3 is 16.4 Å². The molecule has 0 saturated heterocycles. The number of anilines is 2. The number of nitrogens with zero attached hydrogens (tertiary/aromatic N) is 2. The molecular weight excluding hydrogens is 462 g/mol. The third-order valence-electron chi connectivity index (χ3n) is 7.14. The van der Waals surface area contributed by atoms with Gasteiger partial charge in [0.1, 0.15) is 10.9 Å². The van der Waals surface area contributed by atoms with Gasteiger partial charge in [0.25, 0.3) is 11.8 Å². The number of nitrogens with one attached hydrogen (secondary N) is 2. The van der Waals surface area contributed by atoms with Gasteiger partial charge in [-0.05, 0) is 75.2 Å². The molecule has 0 unspecified atom stereocenters. The minimum absolute atomic E-state index is 0.0641. The van der Waals surface area contributed by atoms with Crippen LogP contribution in [0.1, 0.15) is 89.6 Å². The summed E-state index contributed by atoms with van der Waals surface area (Å²) in [5.41, 5.74) is 8.94. The van der Waals surface area contributed by atoms with Crippen LogP contribution in [0, 0.1) is 13.8 Å². The van der Waals surface area contributed by atoms with Gasteiger partial charge in [-0.25, -0.2) is 0 Å². The van der Waals surface area contributed by atoms with E-state index in [2.05, 4.69) is 15.0 Å². The summed E-state index contributed by atoms with van der Waals surface area (Å²) in [6, 6.07) is 5.30.